The summed E-state index contributed by atoms with van der Waals surface area (Å²) in [5, 5.41) is 0. The van der Waals surface area contributed by atoms with Crippen molar-refractivity contribution in [1.29, 1.82) is 0 Å². The number of carbonyl (C=O) groups excluding carboxylic acids is 1. The molecule has 0 amide bonds. The second kappa shape index (κ2) is 1.59. The number of ketones is 1. The van der Waals surface area contributed by atoms with Gasteiger partial charge in [-0.2, -0.15) is 0 Å². The minimum absolute atomic E-state index is 0.500. The Labute approximate surface area is 55.4 Å². The van der Waals surface area contributed by atoms with Crippen LogP contribution in [0.15, 0.2) is 0 Å². The molecule has 2 aliphatic rings. The molecule has 50 valence electrons. The smallest absolute Gasteiger partial charge is 0.136 e. The Morgan fingerprint density at radius 1 is 1.44 bits per heavy atom. The van der Waals surface area contributed by atoms with Crippen LogP contribution in [0.4, 0.5) is 0 Å². The average Bonchev–Trinajstić information content (AvgIpc) is 2.07. The Kier molecular flexibility index (Phi) is 0.961. The molecule has 2 fully saturated rings. The molecule has 0 aromatic heterocycles. The molecular weight excluding hydrogens is 112 g/mol. The van der Waals surface area contributed by atoms with Gasteiger partial charge in [0.1, 0.15) is 5.78 Å². The van der Waals surface area contributed by atoms with Crippen LogP contribution in [0.5, 0.6) is 0 Å². The van der Waals surface area contributed by atoms with Crippen LogP contribution >= 0.6 is 0 Å². The zero-order valence-corrected chi connectivity index (χ0v) is 5.76. The first-order valence-corrected chi connectivity index (χ1v) is 3.82. The fraction of sp³-hybridized carbons (Fsp3) is 0.875. The van der Waals surface area contributed by atoms with Crippen molar-refractivity contribution in [2.24, 2.45) is 17.8 Å². The van der Waals surface area contributed by atoms with Crippen LogP contribution in [-0.4, -0.2) is 5.78 Å². The first-order chi connectivity index (χ1) is 4.29. The van der Waals surface area contributed by atoms with Crippen molar-refractivity contribution in [3.05, 3.63) is 0 Å². The summed E-state index contributed by atoms with van der Waals surface area (Å²) in [5.74, 6) is 2.66. The van der Waals surface area contributed by atoms with Gasteiger partial charge in [0.15, 0.2) is 0 Å². The summed E-state index contributed by atoms with van der Waals surface area (Å²) in [6, 6.07) is 0. The number of fused-ring (bicyclic) bond motifs is 1. The van der Waals surface area contributed by atoms with Crippen molar-refractivity contribution in [2.75, 3.05) is 0 Å². The largest absolute Gasteiger partial charge is 0.299 e. The number of carbonyl (C=O) groups is 1. The molecule has 2 saturated carbocycles. The first kappa shape index (κ1) is 5.45. The van der Waals surface area contributed by atoms with E-state index in [9.17, 15) is 4.79 Å². The second-order valence-corrected chi connectivity index (χ2v) is 3.50. The van der Waals surface area contributed by atoms with Gasteiger partial charge in [-0.1, -0.05) is 6.92 Å². The standard InChI is InChI=1S/C8H12O/c1-5-2-3-6-7(5)4-8(6)9/h5-7H,2-4H2,1H3/t5-,6-,7+/m0/s1. The van der Waals surface area contributed by atoms with Gasteiger partial charge < -0.3 is 0 Å². The van der Waals surface area contributed by atoms with Gasteiger partial charge in [0.25, 0.3) is 0 Å². The lowest BCUT2D eigenvalue weighted by atomic mass is 9.72. The van der Waals surface area contributed by atoms with Gasteiger partial charge in [-0.15, -0.1) is 0 Å². The lowest BCUT2D eigenvalue weighted by molar-refractivity contribution is -0.133. The summed E-state index contributed by atoms with van der Waals surface area (Å²) in [7, 11) is 0. The zero-order valence-electron chi connectivity index (χ0n) is 5.76. The molecule has 0 unspecified atom stereocenters. The van der Waals surface area contributed by atoms with E-state index in [1.807, 2.05) is 0 Å². The normalized spacial score (nSPS) is 48.6. The van der Waals surface area contributed by atoms with Crippen molar-refractivity contribution >= 4 is 5.78 Å². The lowest BCUT2D eigenvalue weighted by Gasteiger charge is -2.30. The quantitative estimate of drug-likeness (QED) is 0.479. The van der Waals surface area contributed by atoms with E-state index in [2.05, 4.69) is 6.92 Å². The lowest BCUT2D eigenvalue weighted by Crippen LogP contribution is -2.34. The van der Waals surface area contributed by atoms with E-state index >= 15 is 0 Å². The van der Waals surface area contributed by atoms with E-state index in [0.29, 0.717) is 11.7 Å². The number of Topliss-reactive ketones (excluding diaryl/α,β-unsaturated/α-hetero) is 1. The molecule has 9 heavy (non-hydrogen) atoms. The summed E-state index contributed by atoms with van der Waals surface area (Å²) in [5.41, 5.74) is 0. The fourth-order valence-corrected chi connectivity index (χ4v) is 2.23. The molecule has 1 nitrogen and oxygen atoms in total. The summed E-state index contributed by atoms with van der Waals surface area (Å²) in [6.07, 6.45) is 3.37. The Morgan fingerprint density at radius 2 is 2.22 bits per heavy atom. The van der Waals surface area contributed by atoms with Crippen LogP contribution in [0.2, 0.25) is 0 Å². The van der Waals surface area contributed by atoms with E-state index in [0.717, 1.165) is 18.3 Å². The minimum atomic E-state index is 0.500. The SMILES string of the molecule is C[C@H]1CC[C@@H]2C(=O)C[C@@H]21. The third-order valence-corrected chi connectivity index (χ3v) is 3.03. The second-order valence-electron chi connectivity index (χ2n) is 3.50. The van der Waals surface area contributed by atoms with Crippen LogP contribution in [0.1, 0.15) is 26.2 Å². The van der Waals surface area contributed by atoms with Gasteiger partial charge in [0.05, 0.1) is 0 Å². The van der Waals surface area contributed by atoms with E-state index < -0.39 is 0 Å². The maximum atomic E-state index is 10.9. The molecule has 0 aromatic carbocycles. The van der Waals surface area contributed by atoms with Crippen LogP contribution in [0.25, 0.3) is 0 Å². The summed E-state index contributed by atoms with van der Waals surface area (Å²) in [6.45, 7) is 2.27. The van der Waals surface area contributed by atoms with E-state index in [1.165, 1.54) is 12.8 Å². The maximum Gasteiger partial charge on any atom is 0.136 e. The minimum Gasteiger partial charge on any atom is -0.299 e. The average molecular weight is 124 g/mol. The Balaban J connectivity index is 2.11. The zero-order chi connectivity index (χ0) is 6.43. The maximum absolute atomic E-state index is 10.9. The molecule has 0 radical (unpaired) electrons. The van der Waals surface area contributed by atoms with Crippen LogP contribution < -0.4 is 0 Å². The number of rotatable bonds is 0. The molecule has 0 heterocycles. The molecular formula is C8H12O. The van der Waals surface area contributed by atoms with Crippen molar-refractivity contribution in [3.63, 3.8) is 0 Å². The monoisotopic (exact) mass is 124 g/mol. The molecule has 3 atom stereocenters. The molecule has 0 saturated heterocycles. The van der Waals surface area contributed by atoms with Gasteiger partial charge in [0.2, 0.25) is 0 Å². The van der Waals surface area contributed by atoms with Gasteiger partial charge in [-0.25, -0.2) is 0 Å². The molecule has 1 heteroatoms. The van der Waals surface area contributed by atoms with Crippen LogP contribution in [0, 0.1) is 17.8 Å². The Hall–Kier alpha value is -0.330. The topological polar surface area (TPSA) is 17.1 Å². The van der Waals surface area contributed by atoms with Gasteiger partial charge >= 0.3 is 0 Å². The third-order valence-electron chi connectivity index (χ3n) is 3.03. The molecule has 2 aliphatic carbocycles. The summed E-state index contributed by atoms with van der Waals surface area (Å²) < 4.78 is 0. The van der Waals surface area contributed by atoms with Crippen molar-refractivity contribution < 1.29 is 4.79 Å². The summed E-state index contributed by atoms with van der Waals surface area (Å²) >= 11 is 0. The van der Waals surface area contributed by atoms with Gasteiger partial charge in [-0.05, 0) is 24.7 Å². The highest BCUT2D eigenvalue weighted by molar-refractivity contribution is 5.87. The van der Waals surface area contributed by atoms with Crippen LogP contribution in [0.3, 0.4) is 0 Å². The van der Waals surface area contributed by atoms with E-state index in [4.69, 9.17) is 0 Å². The van der Waals surface area contributed by atoms with Gasteiger partial charge in [0, 0.05) is 12.3 Å². The molecule has 0 aliphatic heterocycles. The van der Waals surface area contributed by atoms with Crippen molar-refractivity contribution in [1.82, 2.24) is 0 Å². The number of hydrogen-bond donors (Lipinski definition) is 0. The fourth-order valence-electron chi connectivity index (χ4n) is 2.23. The molecule has 0 bridgehead atoms. The highest BCUT2D eigenvalue weighted by Gasteiger charge is 2.46. The van der Waals surface area contributed by atoms with Crippen LogP contribution in [-0.2, 0) is 4.79 Å². The first-order valence-electron chi connectivity index (χ1n) is 3.82. The third kappa shape index (κ3) is 0.577. The predicted molar refractivity (Wildman–Crippen MR) is 35.0 cm³/mol. The molecule has 2 rings (SSSR count). The Bertz CT molecular complexity index is 151. The van der Waals surface area contributed by atoms with Crippen molar-refractivity contribution in [2.45, 2.75) is 26.2 Å². The summed E-state index contributed by atoms with van der Waals surface area (Å²) in [4.78, 5) is 10.9. The van der Waals surface area contributed by atoms with E-state index in [1.54, 1.807) is 0 Å². The highest BCUT2D eigenvalue weighted by atomic mass is 16.1. The molecule has 0 N–H and O–H groups in total. The van der Waals surface area contributed by atoms with E-state index in [-0.39, 0.29) is 0 Å². The molecule has 0 spiro atoms. The molecule has 0 aromatic rings. The van der Waals surface area contributed by atoms with Gasteiger partial charge in [-0.3, -0.25) is 4.79 Å². The Morgan fingerprint density at radius 3 is 2.67 bits per heavy atom. The number of hydrogen-bond acceptors (Lipinski definition) is 1. The van der Waals surface area contributed by atoms with Crippen molar-refractivity contribution in [3.8, 4) is 0 Å². The highest BCUT2D eigenvalue weighted by Crippen LogP contribution is 2.47. The predicted octanol–water partition coefficient (Wildman–Crippen LogP) is 1.62.